The Balaban J connectivity index is 2.33. The lowest BCUT2D eigenvalue weighted by Crippen LogP contribution is -2.07. The fraction of sp³-hybridized carbons (Fsp3) is 0.0769. The zero-order valence-electron chi connectivity index (χ0n) is 9.25. The third-order valence-corrected chi connectivity index (χ3v) is 2.71. The fourth-order valence-corrected chi connectivity index (χ4v) is 1.66. The number of aromatic nitrogens is 1. The van der Waals surface area contributed by atoms with Crippen LogP contribution in [0.15, 0.2) is 42.5 Å². The van der Waals surface area contributed by atoms with Gasteiger partial charge in [-0.15, -0.1) is 0 Å². The minimum atomic E-state index is -1.12. The van der Waals surface area contributed by atoms with Crippen LogP contribution in [0.1, 0.15) is 27.8 Å². The van der Waals surface area contributed by atoms with Crippen LogP contribution in [0.3, 0.4) is 0 Å². The van der Waals surface area contributed by atoms with Crippen LogP contribution in [0.2, 0.25) is 5.02 Å². The Morgan fingerprint density at radius 1 is 1.17 bits per heavy atom. The number of benzene rings is 1. The van der Waals surface area contributed by atoms with Crippen molar-refractivity contribution >= 4 is 17.6 Å². The van der Waals surface area contributed by atoms with E-state index >= 15 is 0 Å². The summed E-state index contributed by atoms with van der Waals surface area (Å²) in [6.07, 6.45) is -0.971. The average molecular weight is 264 g/mol. The van der Waals surface area contributed by atoms with Crippen LogP contribution in [0, 0.1) is 0 Å². The van der Waals surface area contributed by atoms with Crippen LogP contribution in [-0.4, -0.2) is 21.2 Å². The number of hydrogen-bond donors (Lipinski definition) is 2. The van der Waals surface area contributed by atoms with Gasteiger partial charge in [0.25, 0.3) is 0 Å². The topological polar surface area (TPSA) is 70.4 Å². The second kappa shape index (κ2) is 5.16. The van der Waals surface area contributed by atoms with E-state index in [1.807, 2.05) is 0 Å². The predicted octanol–water partition coefficient (Wildman–Crippen LogP) is 2.51. The van der Waals surface area contributed by atoms with Crippen molar-refractivity contribution in [2.75, 3.05) is 0 Å². The van der Waals surface area contributed by atoms with Gasteiger partial charge in [-0.25, -0.2) is 9.78 Å². The van der Waals surface area contributed by atoms with Gasteiger partial charge >= 0.3 is 5.97 Å². The number of carbonyl (C=O) groups is 1. The van der Waals surface area contributed by atoms with Gasteiger partial charge in [0, 0.05) is 5.02 Å². The monoisotopic (exact) mass is 263 g/mol. The smallest absolute Gasteiger partial charge is 0.354 e. The molecule has 0 aliphatic rings. The lowest BCUT2D eigenvalue weighted by atomic mass is 10.1. The maximum atomic E-state index is 10.8. The van der Waals surface area contributed by atoms with Crippen molar-refractivity contribution in [2.45, 2.75) is 6.10 Å². The average Bonchev–Trinajstić information content (AvgIpc) is 2.39. The summed E-state index contributed by atoms with van der Waals surface area (Å²) >= 11 is 5.75. The van der Waals surface area contributed by atoms with Gasteiger partial charge < -0.3 is 10.2 Å². The summed E-state index contributed by atoms with van der Waals surface area (Å²) < 4.78 is 0. The molecule has 0 radical (unpaired) electrons. The molecule has 18 heavy (non-hydrogen) atoms. The number of halogens is 1. The highest BCUT2D eigenvalue weighted by Crippen LogP contribution is 2.22. The molecular formula is C13H10ClNO3. The number of aliphatic hydroxyl groups is 1. The molecule has 92 valence electrons. The van der Waals surface area contributed by atoms with E-state index in [0.29, 0.717) is 10.6 Å². The lowest BCUT2D eigenvalue weighted by molar-refractivity contribution is 0.0689. The van der Waals surface area contributed by atoms with Crippen LogP contribution in [0.4, 0.5) is 0 Å². The second-order valence-electron chi connectivity index (χ2n) is 3.71. The number of aliphatic hydroxyl groups excluding tert-OH is 1. The Kier molecular flexibility index (Phi) is 3.60. The maximum Gasteiger partial charge on any atom is 0.354 e. The SMILES string of the molecule is O=C(O)c1cccc(C(O)c2ccc(Cl)cc2)n1. The molecular weight excluding hydrogens is 254 g/mol. The molecule has 4 nitrogen and oxygen atoms in total. The van der Waals surface area contributed by atoms with Crippen molar-refractivity contribution in [2.24, 2.45) is 0 Å². The van der Waals surface area contributed by atoms with Gasteiger partial charge in [0.2, 0.25) is 0 Å². The molecule has 0 spiro atoms. The van der Waals surface area contributed by atoms with E-state index in [1.165, 1.54) is 6.07 Å². The minimum Gasteiger partial charge on any atom is -0.477 e. The van der Waals surface area contributed by atoms with Crippen molar-refractivity contribution in [1.82, 2.24) is 4.98 Å². The van der Waals surface area contributed by atoms with Crippen LogP contribution >= 0.6 is 11.6 Å². The van der Waals surface area contributed by atoms with E-state index in [4.69, 9.17) is 16.7 Å². The summed E-state index contributed by atoms with van der Waals surface area (Å²) in [5, 5.41) is 19.5. The normalized spacial score (nSPS) is 12.1. The molecule has 0 saturated heterocycles. The fourth-order valence-electron chi connectivity index (χ4n) is 1.54. The summed E-state index contributed by atoms with van der Waals surface area (Å²) in [5.41, 5.74) is 0.798. The molecule has 1 aromatic carbocycles. The maximum absolute atomic E-state index is 10.8. The molecule has 2 rings (SSSR count). The van der Waals surface area contributed by atoms with E-state index in [9.17, 15) is 9.90 Å². The first-order valence-corrected chi connectivity index (χ1v) is 5.59. The molecule has 0 amide bonds. The van der Waals surface area contributed by atoms with Crippen LogP contribution < -0.4 is 0 Å². The third kappa shape index (κ3) is 2.67. The van der Waals surface area contributed by atoms with Gasteiger partial charge in [0.05, 0.1) is 5.69 Å². The molecule has 1 heterocycles. The van der Waals surface area contributed by atoms with Gasteiger partial charge in [0.15, 0.2) is 0 Å². The first kappa shape index (κ1) is 12.5. The number of carboxylic acid groups (broad SMARTS) is 1. The van der Waals surface area contributed by atoms with Crippen molar-refractivity contribution in [3.63, 3.8) is 0 Å². The summed E-state index contributed by atoms with van der Waals surface area (Å²) in [6.45, 7) is 0. The zero-order valence-corrected chi connectivity index (χ0v) is 10.0. The van der Waals surface area contributed by atoms with Gasteiger partial charge in [-0.2, -0.15) is 0 Å². The first-order chi connectivity index (χ1) is 8.58. The summed E-state index contributed by atoms with van der Waals surface area (Å²) in [7, 11) is 0. The third-order valence-electron chi connectivity index (χ3n) is 2.46. The molecule has 0 aliphatic carbocycles. The van der Waals surface area contributed by atoms with Crippen molar-refractivity contribution in [1.29, 1.82) is 0 Å². The summed E-state index contributed by atoms with van der Waals surface area (Å²) in [5.74, 6) is -1.12. The first-order valence-electron chi connectivity index (χ1n) is 5.21. The molecule has 1 atom stereocenters. The number of aromatic carboxylic acids is 1. The molecule has 2 aromatic rings. The van der Waals surface area contributed by atoms with Gasteiger partial charge in [-0.1, -0.05) is 29.8 Å². The highest BCUT2D eigenvalue weighted by Gasteiger charge is 2.14. The van der Waals surface area contributed by atoms with E-state index in [-0.39, 0.29) is 11.4 Å². The van der Waals surface area contributed by atoms with Gasteiger partial charge in [0.1, 0.15) is 11.8 Å². The quantitative estimate of drug-likeness (QED) is 0.893. The zero-order chi connectivity index (χ0) is 13.1. The molecule has 1 unspecified atom stereocenters. The minimum absolute atomic E-state index is 0.0967. The molecule has 5 heteroatoms. The molecule has 0 aliphatic heterocycles. The van der Waals surface area contributed by atoms with E-state index in [2.05, 4.69) is 4.98 Å². The van der Waals surface area contributed by atoms with E-state index < -0.39 is 12.1 Å². The Bertz CT molecular complexity index is 569. The Labute approximate surface area is 108 Å². The summed E-state index contributed by atoms with van der Waals surface area (Å²) in [6, 6.07) is 11.1. The van der Waals surface area contributed by atoms with Crippen molar-refractivity contribution in [3.05, 3.63) is 64.4 Å². The number of hydrogen-bond acceptors (Lipinski definition) is 3. The van der Waals surface area contributed by atoms with E-state index in [1.54, 1.807) is 36.4 Å². The van der Waals surface area contributed by atoms with Crippen LogP contribution in [-0.2, 0) is 0 Å². The van der Waals surface area contributed by atoms with Crippen molar-refractivity contribution < 1.29 is 15.0 Å². The Morgan fingerprint density at radius 2 is 1.83 bits per heavy atom. The molecule has 0 saturated carbocycles. The summed E-state index contributed by atoms with van der Waals surface area (Å²) in [4.78, 5) is 14.7. The number of carboxylic acids is 1. The molecule has 1 aromatic heterocycles. The number of rotatable bonds is 3. The van der Waals surface area contributed by atoms with Crippen LogP contribution in [0.5, 0.6) is 0 Å². The highest BCUT2D eigenvalue weighted by atomic mass is 35.5. The largest absolute Gasteiger partial charge is 0.477 e. The second-order valence-corrected chi connectivity index (χ2v) is 4.14. The Morgan fingerprint density at radius 3 is 2.44 bits per heavy atom. The standard InChI is InChI=1S/C13H10ClNO3/c14-9-6-4-8(5-7-9)12(16)10-2-1-3-11(15-10)13(17)18/h1-7,12,16H,(H,17,18). The number of nitrogens with zero attached hydrogens (tertiary/aromatic N) is 1. The number of pyridine rings is 1. The van der Waals surface area contributed by atoms with Gasteiger partial charge in [-0.05, 0) is 29.8 Å². The Hall–Kier alpha value is -1.91. The molecule has 2 N–H and O–H groups in total. The highest BCUT2D eigenvalue weighted by molar-refractivity contribution is 6.30. The molecule has 0 fully saturated rings. The molecule has 0 bridgehead atoms. The van der Waals surface area contributed by atoms with Crippen LogP contribution in [0.25, 0.3) is 0 Å². The predicted molar refractivity (Wildman–Crippen MR) is 66.7 cm³/mol. The van der Waals surface area contributed by atoms with E-state index in [0.717, 1.165) is 0 Å². The van der Waals surface area contributed by atoms with Crippen molar-refractivity contribution in [3.8, 4) is 0 Å². The van der Waals surface area contributed by atoms with Gasteiger partial charge in [-0.3, -0.25) is 0 Å². The lowest BCUT2D eigenvalue weighted by Gasteiger charge is -2.10.